The molecular formula is C17H22N4OS. The molecule has 3 N–H and O–H groups in total. The zero-order chi connectivity index (χ0) is 16.2. The predicted molar refractivity (Wildman–Crippen MR) is 92.3 cm³/mol. The third-order valence-corrected chi connectivity index (χ3v) is 5.28. The van der Waals surface area contributed by atoms with Gasteiger partial charge in [-0.1, -0.05) is 18.2 Å². The Kier molecular flexibility index (Phi) is 5.03. The van der Waals surface area contributed by atoms with Crippen molar-refractivity contribution in [3.8, 4) is 0 Å². The minimum atomic E-state index is 0.0420. The highest BCUT2D eigenvalue weighted by molar-refractivity contribution is 7.99. The number of aromatic nitrogens is 2. The third kappa shape index (κ3) is 4.14. The van der Waals surface area contributed by atoms with Crippen molar-refractivity contribution in [1.29, 1.82) is 0 Å². The number of hydrogen-bond acceptors (Lipinski definition) is 4. The molecule has 0 spiro atoms. The second kappa shape index (κ2) is 7.19. The number of imidazole rings is 1. The van der Waals surface area contributed by atoms with Crippen LogP contribution in [0.3, 0.4) is 0 Å². The van der Waals surface area contributed by atoms with Gasteiger partial charge < -0.3 is 15.6 Å². The number of nitrogens with zero attached hydrogens (tertiary/aromatic N) is 2. The van der Waals surface area contributed by atoms with E-state index in [2.05, 4.69) is 10.3 Å². The minimum Gasteiger partial charge on any atom is -0.329 e. The average molecular weight is 330 g/mol. The zero-order valence-electron chi connectivity index (χ0n) is 13.2. The molecule has 1 aliphatic carbocycles. The second-order valence-electron chi connectivity index (χ2n) is 6.06. The summed E-state index contributed by atoms with van der Waals surface area (Å²) >= 11 is 1.60. The summed E-state index contributed by atoms with van der Waals surface area (Å²) in [6.45, 7) is 0. The molecule has 2 aromatic rings. The first kappa shape index (κ1) is 16.1. The number of anilines is 1. The third-order valence-electron chi connectivity index (χ3n) is 4.19. The number of aryl methyl sites for hydroxylation is 1. The van der Waals surface area contributed by atoms with Crippen molar-refractivity contribution in [2.75, 3.05) is 5.32 Å². The van der Waals surface area contributed by atoms with Crippen molar-refractivity contribution < 1.29 is 4.79 Å². The summed E-state index contributed by atoms with van der Waals surface area (Å²) in [4.78, 5) is 17.7. The van der Waals surface area contributed by atoms with Gasteiger partial charge >= 0.3 is 0 Å². The van der Waals surface area contributed by atoms with Crippen LogP contribution < -0.4 is 11.1 Å². The maximum atomic E-state index is 12.3. The highest BCUT2D eigenvalue weighted by Crippen LogP contribution is 2.28. The van der Waals surface area contributed by atoms with Gasteiger partial charge in [0.15, 0.2) is 5.16 Å². The van der Waals surface area contributed by atoms with Gasteiger partial charge in [0.05, 0.1) is 0 Å². The maximum absolute atomic E-state index is 12.3. The molecule has 1 heterocycles. The molecule has 0 saturated heterocycles. The lowest BCUT2D eigenvalue weighted by molar-refractivity contribution is -0.120. The van der Waals surface area contributed by atoms with Gasteiger partial charge in [-0.05, 0) is 43.5 Å². The normalized spacial score (nSPS) is 21.1. The lowest BCUT2D eigenvalue weighted by Gasteiger charge is -2.25. The largest absolute Gasteiger partial charge is 0.329 e. The summed E-state index contributed by atoms with van der Waals surface area (Å²) in [5.74, 6) is 0.130. The summed E-state index contributed by atoms with van der Waals surface area (Å²) in [5, 5.41) is 3.95. The molecule has 23 heavy (non-hydrogen) atoms. The van der Waals surface area contributed by atoms with Gasteiger partial charge in [-0.25, -0.2) is 4.98 Å². The van der Waals surface area contributed by atoms with Gasteiger partial charge in [-0.3, -0.25) is 4.79 Å². The van der Waals surface area contributed by atoms with Crippen molar-refractivity contribution >= 4 is 23.4 Å². The Bertz CT molecular complexity index is 667. The van der Waals surface area contributed by atoms with Crippen LogP contribution in [0.2, 0.25) is 0 Å². The zero-order valence-corrected chi connectivity index (χ0v) is 14.1. The molecular weight excluding hydrogens is 308 g/mol. The molecule has 1 fully saturated rings. The molecule has 0 aliphatic heterocycles. The number of nitrogens with two attached hydrogens (primary N) is 1. The molecule has 0 bridgehead atoms. The van der Waals surface area contributed by atoms with Crippen LogP contribution in [0.25, 0.3) is 0 Å². The molecule has 1 saturated carbocycles. The Morgan fingerprint density at radius 2 is 2.13 bits per heavy atom. The number of nitrogens with one attached hydrogen (secondary N) is 1. The van der Waals surface area contributed by atoms with Crippen molar-refractivity contribution in [2.24, 2.45) is 18.7 Å². The molecule has 1 aromatic carbocycles. The van der Waals surface area contributed by atoms with E-state index >= 15 is 0 Å². The van der Waals surface area contributed by atoms with Crippen molar-refractivity contribution in [2.45, 2.75) is 41.8 Å². The first-order valence-corrected chi connectivity index (χ1v) is 8.75. The van der Waals surface area contributed by atoms with E-state index in [1.165, 1.54) is 0 Å². The molecule has 3 rings (SSSR count). The van der Waals surface area contributed by atoms with E-state index in [1.54, 1.807) is 18.0 Å². The number of carbonyl (C=O) groups is 1. The average Bonchev–Trinajstić information content (AvgIpc) is 2.94. The van der Waals surface area contributed by atoms with Crippen LogP contribution in [0.4, 0.5) is 5.69 Å². The van der Waals surface area contributed by atoms with Crippen LogP contribution in [0.1, 0.15) is 25.7 Å². The topological polar surface area (TPSA) is 72.9 Å². The van der Waals surface area contributed by atoms with Gasteiger partial charge in [0.2, 0.25) is 5.91 Å². The van der Waals surface area contributed by atoms with Crippen LogP contribution >= 0.6 is 11.8 Å². The van der Waals surface area contributed by atoms with E-state index < -0.39 is 0 Å². The molecule has 2 atom stereocenters. The first-order valence-electron chi connectivity index (χ1n) is 7.93. The number of carbonyl (C=O) groups excluding carboxylic acids is 1. The Hall–Kier alpha value is -1.79. The fraction of sp³-hybridized carbons (Fsp3) is 0.412. The smallest absolute Gasteiger partial charge is 0.227 e. The lowest BCUT2D eigenvalue weighted by Crippen LogP contribution is -2.34. The van der Waals surface area contributed by atoms with Crippen molar-refractivity contribution in [3.05, 3.63) is 36.7 Å². The highest BCUT2D eigenvalue weighted by Gasteiger charge is 2.25. The van der Waals surface area contributed by atoms with Gasteiger partial charge in [-0.15, -0.1) is 0 Å². The van der Waals surface area contributed by atoms with E-state index in [9.17, 15) is 4.79 Å². The van der Waals surface area contributed by atoms with Crippen LogP contribution in [0.15, 0.2) is 46.7 Å². The molecule has 6 heteroatoms. The molecule has 1 amide bonds. The minimum absolute atomic E-state index is 0.0420. The molecule has 5 nitrogen and oxygen atoms in total. The molecule has 1 aliphatic rings. The molecule has 122 valence electrons. The standard InChI is InChI=1S/C17H22N4OS/c1-21-10-9-19-17(21)23-15-7-5-14(6-8-15)20-16(22)12-3-2-4-13(18)11-12/h5-10,12-13H,2-4,11,18H2,1H3,(H,20,22). The van der Waals surface area contributed by atoms with Crippen LogP contribution in [0.5, 0.6) is 0 Å². The van der Waals surface area contributed by atoms with E-state index in [0.717, 1.165) is 41.4 Å². The summed E-state index contributed by atoms with van der Waals surface area (Å²) in [6, 6.07) is 8.04. The van der Waals surface area contributed by atoms with Gasteiger partial charge in [0.25, 0.3) is 0 Å². The fourth-order valence-corrected chi connectivity index (χ4v) is 3.67. The van der Waals surface area contributed by atoms with E-state index in [4.69, 9.17) is 5.73 Å². The predicted octanol–water partition coefficient (Wildman–Crippen LogP) is 3.03. The van der Waals surface area contributed by atoms with E-state index in [-0.39, 0.29) is 17.9 Å². The first-order chi connectivity index (χ1) is 11.1. The lowest BCUT2D eigenvalue weighted by atomic mass is 9.85. The number of amides is 1. The Labute approximate surface area is 140 Å². The summed E-state index contributed by atoms with van der Waals surface area (Å²) in [5.41, 5.74) is 6.79. The fourth-order valence-electron chi connectivity index (χ4n) is 2.87. The van der Waals surface area contributed by atoms with Gasteiger partial charge in [0.1, 0.15) is 0 Å². The van der Waals surface area contributed by atoms with E-state index in [0.29, 0.717) is 0 Å². The summed E-state index contributed by atoms with van der Waals surface area (Å²) in [6.07, 6.45) is 7.50. The van der Waals surface area contributed by atoms with Gasteiger partial charge in [-0.2, -0.15) is 0 Å². The Morgan fingerprint density at radius 3 is 2.78 bits per heavy atom. The molecule has 1 aromatic heterocycles. The van der Waals surface area contributed by atoms with Crippen molar-refractivity contribution in [1.82, 2.24) is 9.55 Å². The second-order valence-corrected chi connectivity index (χ2v) is 7.10. The maximum Gasteiger partial charge on any atom is 0.227 e. The number of benzene rings is 1. The summed E-state index contributed by atoms with van der Waals surface area (Å²) in [7, 11) is 1.97. The monoisotopic (exact) mass is 330 g/mol. The number of rotatable bonds is 4. The SMILES string of the molecule is Cn1ccnc1Sc1ccc(NC(=O)C2CCCC(N)C2)cc1. The molecule has 0 radical (unpaired) electrons. The molecule has 2 unspecified atom stereocenters. The summed E-state index contributed by atoms with van der Waals surface area (Å²) < 4.78 is 1.98. The van der Waals surface area contributed by atoms with Crippen molar-refractivity contribution in [3.63, 3.8) is 0 Å². The van der Waals surface area contributed by atoms with Crippen LogP contribution in [-0.2, 0) is 11.8 Å². The van der Waals surface area contributed by atoms with Crippen LogP contribution in [-0.4, -0.2) is 21.5 Å². The number of hydrogen-bond donors (Lipinski definition) is 2. The van der Waals surface area contributed by atoms with Crippen LogP contribution in [0, 0.1) is 5.92 Å². The highest BCUT2D eigenvalue weighted by atomic mass is 32.2. The van der Waals surface area contributed by atoms with E-state index in [1.807, 2.05) is 42.1 Å². The quantitative estimate of drug-likeness (QED) is 0.904. The van der Waals surface area contributed by atoms with Gasteiger partial charge in [0, 0.05) is 42.0 Å². The Morgan fingerprint density at radius 1 is 1.35 bits per heavy atom. The Balaban J connectivity index is 1.59.